The molecule has 12 heteroatoms. The van der Waals surface area contributed by atoms with Gasteiger partial charge in [0.1, 0.15) is 6.04 Å². The Bertz CT molecular complexity index is 1810. The minimum Gasteiger partial charge on any atom is -0.388 e. The van der Waals surface area contributed by atoms with Crippen LogP contribution in [0.1, 0.15) is 89.3 Å². The minimum atomic E-state index is -0.968. The van der Waals surface area contributed by atoms with Crippen molar-refractivity contribution in [2.45, 2.75) is 69.4 Å². The maximum atomic E-state index is 13.1. The number of anilines is 1. The van der Waals surface area contributed by atoms with Gasteiger partial charge in [0.05, 0.1) is 34.1 Å². The second-order valence-corrected chi connectivity index (χ2v) is 13.2. The number of hydrogen-bond donors (Lipinski definition) is 5. The molecule has 3 aromatic rings. The molecule has 248 valence electrons. The van der Waals surface area contributed by atoms with Crippen molar-refractivity contribution < 1.29 is 19.2 Å². The fourth-order valence-electron chi connectivity index (χ4n) is 7.29. The number of carbonyl (C=O) groups excluding carboxylic acids is 4. The van der Waals surface area contributed by atoms with Crippen LogP contribution in [-0.2, 0) is 9.59 Å². The first kappa shape index (κ1) is 31.6. The van der Waals surface area contributed by atoms with Crippen LogP contribution in [0, 0.1) is 11.3 Å². The van der Waals surface area contributed by atoms with Crippen LogP contribution in [0.5, 0.6) is 0 Å². The molecule has 1 aromatic heterocycles. The van der Waals surface area contributed by atoms with Crippen LogP contribution in [0.2, 0.25) is 0 Å². The van der Waals surface area contributed by atoms with Crippen molar-refractivity contribution in [3.8, 4) is 0 Å². The summed E-state index contributed by atoms with van der Waals surface area (Å²) in [5.74, 6) is -0.862. The van der Waals surface area contributed by atoms with E-state index in [0.717, 1.165) is 79.8 Å². The molecule has 3 aliphatic heterocycles. The lowest BCUT2D eigenvalue weighted by Crippen LogP contribution is -2.54. The van der Waals surface area contributed by atoms with Crippen molar-refractivity contribution in [1.29, 1.82) is 5.41 Å². The number of fused-ring (bicyclic) bond motifs is 2. The third-order valence-corrected chi connectivity index (χ3v) is 10.1. The number of amides is 4. The molecule has 0 radical (unpaired) electrons. The lowest BCUT2D eigenvalue weighted by Gasteiger charge is -2.36. The van der Waals surface area contributed by atoms with Gasteiger partial charge in [-0.2, -0.15) is 0 Å². The van der Waals surface area contributed by atoms with E-state index in [9.17, 15) is 19.2 Å². The molecule has 0 bridgehead atoms. The third kappa shape index (κ3) is 6.44. The van der Waals surface area contributed by atoms with Crippen LogP contribution >= 0.6 is 0 Å². The Hall–Kier alpha value is -4.97. The first-order chi connectivity index (χ1) is 23.4. The zero-order valence-corrected chi connectivity index (χ0v) is 26.8. The molecule has 1 atom stereocenters. The van der Waals surface area contributed by atoms with Gasteiger partial charge in [-0.25, -0.2) is 4.98 Å². The summed E-state index contributed by atoms with van der Waals surface area (Å²) >= 11 is 0. The summed E-state index contributed by atoms with van der Waals surface area (Å²) in [4.78, 5) is 60.3. The fourth-order valence-corrected chi connectivity index (χ4v) is 7.29. The molecule has 4 amide bonds. The van der Waals surface area contributed by atoms with E-state index < -0.39 is 29.7 Å². The lowest BCUT2D eigenvalue weighted by atomic mass is 9.77. The topological polar surface area (TPSA) is 169 Å². The molecule has 5 N–H and O–H groups in total. The quantitative estimate of drug-likeness (QED) is 0.118. The highest BCUT2D eigenvalue weighted by atomic mass is 16.2. The molecule has 1 saturated carbocycles. The number of aromatic nitrogens is 2. The number of allylic oxidation sites excluding steroid dienone is 1. The summed E-state index contributed by atoms with van der Waals surface area (Å²) < 4.78 is 0. The monoisotopic (exact) mass is 648 g/mol. The number of rotatable bonds is 11. The van der Waals surface area contributed by atoms with Crippen molar-refractivity contribution in [3.05, 3.63) is 71.2 Å². The van der Waals surface area contributed by atoms with Gasteiger partial charge in [-0.3, -0.25) is 34.4 Å². The maximum absolute atomic E-state index is 13.1. The van der Waals surface area contributed by atoms with Crippen molar-refractivity contribution in [2.75, 3.05) is 25.0 Å². The van der Waals surface area contributed by atoms with Gasteiger partial charge in [-0.05, 0) is 106 Å². The molecule has 7 rings (SSSR count). The molecule has 2 aromatic carbocycles. The Kier molecular flexibility index (Phi) is 8.98. The van der Waals surface area contributed by atoms with E-state index in [0.29, 0.717) is 29.1 Å². The summed E-state index contributed by atoms with van der Waals surface area (Å²) in [6.45, 7) is 2.81. The van der Waals surface area contributed by atoms with Gasteiger partial charge in [-0.15, -0.1) is 0 Å². The van der Waals surface area contributed by atoms with Crippen molar-refractivity contribution in [1.82, 2.24) is 30.8 Å². The van der Waals surface area contributed by atoms with E-state index in [1.165, 1.54) is 11.8 Å². The summed E-state index contributed by atoms with van der Waals surface area (Å²) in [5.41, 5.74) is 5.73. The molecule has 12 nitrogen and oxygen atoms in total. The first-order valence-corrected chi connectivity index (χ1v) is 16.9. The number of piperidine rings is 2. The molecular weight excluding hydrogens is 608 g/mol. The number of imide groups is 2. The second-order valence-electron chi connectivity index (χ2n) is 13.2. The number of benzene rings is 2. The normalized spacial score (nSPS) is 23.1. The van der Waals surface area contributed by atoms with E-state index in [1.54, 1.807) is 24.4 Å². The second kappa shape index (κ2) is 13.6. The summed E-state index contributed by atoms with van der Waals surface area (Å²) in [5, 5.41) is 20.5. The van der Waals surface area contributed by atoms with E-state index in [4.69, 9.17) is 10.4 Å². The Morgan fingerprint density at radius 1 is 0.979 bits per heavy atom. The molecule has 2 saturated heterocycles. The van der Waals surface area contributed by atoms with Crippen LogP contribution in [0.4, 0.5) is 5.69 Å². The largest absolute Gasteiger partial charge is 0.388 e. The standard InChI is InChI=1S/C36H40N8O4/c37-18-24(31-20-41-29-6-3-23(16-30(29)42-31)22-9-12-38-13-10-22)19-40-26-14-21(15-26)2-1-11-39-25-4-5-27-28(17-25)36(48)44(35(27)47)32-7-8-33(45)43-34(32)46/h3-6,16-22,26,32,37-40H,1-2,7-15H2,(H,43,45,46)/b24-19+,37-18?. The molecule has 1 aliphatic carbocycles. The number of nitrogens with one attached hydrogen (secondary N) is 5. The molecule has 0 spiro atoms. The number of carbonyl (C=O) groups is 4. The average Bonchev–Trinajstić information content (AvgIpc) is 3.33. The summed E-state index contributed by atoms with van der Waals surface area (Å²) in [6, 6.07) is 10.8. The predicted octanol–water partition coefficient (Wildman–Crippen LogP) is 3.75. The molecule has 3 fully saturated rings. The molecular formula is C36H40N8O4. The third-order valence-electron chi connectivity index (χ3n) is 10.1. The number of hydrogen-bond acceptors (Lipinski definition) is 10. The van der Waals surface area contributed by atoms with Gasteiger partial charge in [0, 0.05) is 42.7 Å². The zero-order valence-electron chi connectivity index (χ0n) is 26.8. The van der Waals surface area contributed by atoms with Gasteiger partial charge in [0.2, 0.25) is 11.8 Å². The van der Waals surface area contributed by atoms with E-state index in [-0.39, 0.29) is 24.0 Å². The van der Waals surface area contributed by atoms with Gasteiger partial charge in [0.15, 0.2) is 0 Å². The fraction of sp³-hybridized carbons (Fsp3) is 0.417. The van der Waals surface area contributed by atoms with Crippen LogP contribution in [0.25, 0.3) is 16.6 Å². The Morgan fingerprint density at radius 3 is 2.58 bits per heavy atom. The van der Waals surface area contributed by atoms with Crippen LogP contribution in [0.3, 0.4) is 0 Å². The van der Waals surface area contributed by atoms with E-state index in [1.807, 2.05) is 12.3 Å². The van der Waals surface area contributed by atoms with Crippen molar-refractivity contribution in [3.63, 3.8) is 0 Å². The van der Waals surface area contributed by atoms with Gasteiger partial charge in [-0.1, -0.05) is 6.07 Å². The maximum Gasteiger partial charge on any atom is 0.262 e. The summed E-state index contributed by atoms with van der Waals surface area (Å²) in [7, 11) is 0. The van der Waals surface area contributed by atoms with E-state index >= 15 is 0 Å². The first-order valence-electron chi connectivity index (χ1n) is 16.9. The summed E-state index contributed by atoms with van der Waals surface area (Å²) in [6.07, 6.45) is 11.6. The molecule has 48 heavy (non-hydrogen) atoms. The van der Waals surface area contributed by atoms with Crippen molar-refractivity contribution in [2.24, 2.45) is 5.92 Å². The zero-order chi connectivity index (χ0) is 33.2. The number of nitrogens with zero attached hydrogens (tertiary/aromatic N) is 3. The van der Waals surface area contributed by atoms with Crippen LogP contribution in [-0.4, -0.2) is 76.4 Å². The molecule has 4 aliphatic rings. The van der Waals surface area contributed by atoms with E-state index in [2.05, 4.69) is 38.4 Å². The highest BCUT2D eigenvalue weighted by Gasteiger charge is 2.44. The Morgan fingerprint density at radius 2 is 1.79 bits per heavy atom. The Balaban J connectivity index is 0.869. The Labute approximate surface area is 278 Å². The molecule has 4 heterocycles. The van der Waals surface area contributed by atoms with Crippen LogP contribution in [0.15, 0.2) is 48.8 Å². The SMILES string of the molecule is N=C/C(=C\NC1CC(CCCNc2ccc3c(c2)C(=O)N(C2CCC(=O)NC2=O)C3=O)C1)c1cnc2ccc(C3CCNCC3)cc2n1. The average molecular weight is 649 g/mol. The van der Waals surface area contributed by atoms with Crippen LogP contribution < -0.4 is 21.3 Å². The lowest BCUT2D eigenvalue weighted by molar-refractivity contribution is -0.136. The van der Waals surface area contributed by atoms with Gasteiger partial charge >= 0.3 is 0 Å². The van der Waals surface area contributed by atoms with Crippen molar-refractivity contribution >= 4 is 52.1 Å². The highest BCUT2D eigenvalue weighted by molar-refractivity contribution is 6.23. The highest BCUT2D eigenvalue weighted by Crippen LogP contribution is 2.33. The predicted molar refractivity (Wildman–Crippen MR) is 182 cm³/mol. The smallest absolute Gasteiger partial charge is 0.262 e. The van der Waals surface area contributed by atoms with Gasteiger partial charge in [0.25, 0.3) is 11.8 Å². The van der Waals surface area contributed by atoms with Gasteiger partial charge < -0.3 is 21.4 Å². The minimum absolute atomic E-state index is 0.0933. The molecule has 1 unspecified atom stereocenters.